The molecule has 0 radical (unpaired) electrons. The molecule has 0 fully saturated rings. The van der Waals surface area contributed by atoms with Gasteiger partial charge in [0.2, 0.25) is 5.88 Å². The maximum absolute atomic E-state index is 8.89. The zero-order valence-electron chi connectivity index (χ0n) is 9.08. The number of hydrogen-bond acceptors (Lipinski definition) is 6. The van der Waals surface area contributed by atoms with E-state index in [0.29, 0.717) is 22.9 Å². The molecule has 0 aliphatic carbocycles. The topological polar surface area (TPSA) is 83.7 Å². The molecule has 0 atom stereocenters. The van der Waals surface area contributed by atoms with Gasteiger partial charge in [0.1, 0.15) is 6.07 Å². The largest absolute Gasteiger partial charge is 0.481 e. The first-order valence-corrected chi connectivity index (χ1v) is 4.82. The van der Waals surface area contributed by atoms with E-state index in [2.05, 4.69) is 20.5 Å². The molecule has 2 heterocycles. The van der Waals surface area contributed by atoms with E-state index in [4.69, 9.17) is 10.00 Å². The van der Waals surface area contributed by atoms with Gasteiger partial charge in [0.15, 0.2) is 5.82 Å². The van der Waals surface area contributed by atoms with E-state index in [-0.39, 0.29) is 0 Å². The summed E-state index contributed by atoms with van der Waals surface area (Å²) in [6, 6.07) is 7.11. The molecule has 0 aromatic carbocycles. The number of methoxy groups -OCH3 is 1. The van der Waals surface area contributed by atoms with Crippen molar-refractivity contribution in [3.8, 4) is 11.9 Å². The summed E-state index contributed by atoms with van der Waals surface area (Å²) in [6.45, 7) is 0. The minimum absolute atomic E-state index is 0.405. The van der Waals surface area contributed by atoms with E-state index in [1.807, 2.05) is 6.07 Å². The van der Waals surface area contributed by atoms with Crippen molar-refractivity contribution < 1.29 is 4.74 Å². The van der Waals surface area contributed by atoms with Gasteiger partial charge >= 0.3 is 0 Å². The minimum Gasteiger partial charge on any atom is -0.481 e. The Labute approximate surface area is 97.9 Å². The fraction of sp³-hybridized carbons (Fsp3) is 0.0909. The Hall–Kier alpha value is -2.68. The Kier molecular flexibility index (Phi) is 3.12. The fourth-order valence-electron chi connectivity index (χ4n) is 1.23. The number of ether oxygens (including phenoxy) is 1. The zero-order chi connectivity index (χ0) is 12.1. The highest BCUT2D eigenvalue weighted by molar-refractivity contribution is 5.61. The minimum atomic E-state index is 0.405. The third-order valence-corrected chi connectivity index (χ3v) is 2.05. The number of aromatic nitrogens is 3. The van der Waals surface area contributed by atoms with Crippen molar-refractivity contribution in [1.82, 2.24) is 15.2 Å². The molecule has 0 aliphatic heterocycles. The third-order valence-electron chi connectivity index (χ3n) is 2.05. The first kappa shape index (κ1) is 10.8. The van der Waals surface area contributed by atoms with Gasteiger partial charge in [-0.2, -0.15) is 10.4 Å². The Morgan fingerprint density at radius 3 is 2.88 bits per heavy atom. The molecule has 84 valence electrons. The predicted octanol–water partition coefficient (Wildman–Crippen LogP) is 1.50. The average Bonchev–Trinajstić information content (AvgIpc) is 2.40. The van der Waals surface area contributed by atoms with Crippen LogP contribution in [-0.4, -0.2) is 22.3 Å². The van der Waals surface area contributed by atoms with Crippen LogP contribution in [0.5, 0.6) is 5.88 Å². The number of nitrogens with zero attached hydrogens (tertiary/aromatic N) is 4. The number of rotatable bonds is 3. The molecule has 2 rings (SSSR count). The van der Waals surface area contributed by atoms with Gasteiger partial charge in [-0.25, -0.2) is 4.98 Å². The second-order valence-electron chi connectivity index (χ2n) is 3.12. The first-order valence-electron chi connectivity index (χ1n) is 4.82. The maximum atomic E-state index is 8.89. The van der Waals surface area contributed by atoms with Crippen molar-refractivity contribution in [3.63, 3.8) is 0 Å². The third kappa shape index (κ3) is 2.46. The SMILES string of the molecule is COc1ccc(Nc2nnccc2C#N)cn1. The fourth-order valence-corrected chi connectivity index (χ4v) is 1.23. The Bertz CT molecular complexity index is 547. The van der Waals surface area contributed by atoms with Gasteiger partial charge in [-0.05, 0) is 12.1 Å². The second-order valence-corrected chi connectivity index (χ2v) is 3.12. The molecule has 2 aromatic rings. The normalized spacial score (nSPS) is 9.41. The van der Waals surface area contributed by atoms with E-state index in [1.54, 1.807) is 31.5 Å². The van der Waals surface area contributed by atoms with Crippen molar-refractivity contribution in [2.75, 3.05) is 12.4 Å². The number of nitriles is 1. The highest BCUT2D eigenvalue weighted by Crippen LogP contribution is 2.17. The van der Waals surface area contributed by atoms with Crippen molar-refractivity contribution in [1.29, 1.82) is 5.26 Å². The Balaban J connectivity index is 2.23. The summed E-state index contributed by atoms with van der Waals surface area (Å²) in [5.74, 6) is 0.928. The molecule has 0 saturated carbocycles. The highest BCUT2D eigenvalue weighted by Gasteiger charge is 2.04. The number of pyridine rings is 1. The Morgan fingerprint density at radius 1 is 1.35 bits per heavy atom. The van der Waals surface area contributed by atoms with Gasteiger partial charge in [0, 0.05) is 6.07 Å². The lowest BCUT2D eigenvalue weighted by atomic mass is 10.3. The second kappa shape index (κ2) is 4.90. The quantitative estimate of drug-likeness (QED) is 0.855. The molecule has 0 aliphatic rings. The van der Waals surface area contributed by atoms with Crippen LogP contribution < -0.4 is 10.1 Å². The molecule has 2 aromatic heterocycles. The molecule has 0 unspecified atom stereocenters. The van der Waals surface area contributed by atoms with Gasteiger partial charge in [0.25, 0.3) is 0 Å². The van der Waals surface area contributed by atoms with Crippen LogP contribution in [0.15, 0.2) is 30.6 Å². The summed E-state index contributed by atoms with van der Waals surface area (Å²) < 4.78 is 4.95. The average molecular weight is 227 g/mol. The smallest absolute Gasteiger partial charge is 0.213 e. The van der Waals surface area contributed by atoms with E-state index in [1.165, 1.54) is 6.20 Å². The van der Waals surface area contributed by atoms with E-state index in [0.717, 1.165) is 0 Å². The summed E-state index contributed by atoms with van der Waals surface area (Å²) in [4.78, 5) is 4.03. The number of anilines is 2. The molecular formula is C11H9N5O. The molecule has 17 heavy (non-hydrogen) atoms. The molecule has 0 spiro atoms. The van der Waals surface area contributed by atoms with E-state index >= 15 is 0 Å². The van der Waals surface area contributed by atoms with Crippen LogP contribution in [0.4, 0.5) is 11.5 Å². The standard InChI is InChI=1S/C11H9N5O/c1-17-10-3-2-9(7-13-10)15-11-8(6-12)4-5-14-16-11/h2-5,7H,1H3,(H,15,16). The zero-order valence-corrected chi connectivity index (χ0v) is 9.08. The van der Waals surface area contributed by atoms with Gasteiger partial charge in [-0.3, -0.25) is 0 Å². The summed E-state index contributed by atoms with van der Waals surface area (Å²) >= 11 is 0. The van der Waals surface area contributed by atoms with E-state index < -0.39 is 0 Å². The van der Waals surface area contributed by atoms with Crippen LogP contribution in [0.1, 0.15) is 5.56 Å². The van der Waals surface area contributed by atoms with Crippen LogP contribution in [-0.2, 0) is 0 Å². The van der Waals surface area contributed by atoms with Crippen LogP contribution in [0.25, 0.3) is 0 Å². The Morgan fingerprint density at radius 2 is 2.24 bits per heavy atom. The predicted molar refractivity (Wildman–Crippen MR) is 60.8 cm³/mol. The number of hydrogen-bond donors (Lipinski definition) is 1. The molecular weight excluding hydrogens is 218 g/mol. The van der Waals surface area contributed by atoms with Crippen molar-refractivity contribution in [3.05, 3.63) is 36.2 Å². The lowest BCUT2D eigenvalue weighted by Crippen LogP contribution is -1.99. The van der Waals surface area contributed by atoms with Crippen LogP contribution in [0.3, 0.4) is 0 Å². The van der Waals surface area contributed by atoms with Crippen molar-refractivity contribution in [2.24, 2.45) is 0 Å². The molecule has 6 nitrogen and oxygen atoms in total. The van der Waals surface area contributed by atoms with Crippen molar-refractivity contribution in [2.45, 2.75) is 0 Å². The summed E-state index contributed by atoms with van der Waals surface area (Å²) in [6.07, 6.45) is 3.06. The summed E-state index contributed by atoms with van der Waals surface area (Å²) in [5.41, 5.74) is 1.14. The lowest BCUT2D eigenvalue weighted by molar-refractivity contribution is 0.398. The summed E-state index contributed by atoms with van der Waals surface area (Å²) in [7, 11) is 1.55. The monoisotopic (exact) mass is 227 g/mol. The van der Waals surface area contributed by atoms with Crippen LogP contribution >= 0.6 is 0 Å². The lowest BCUT2D eigenvalue weighted by Gasteiger charge is -2.05. The number of nitrogens with one attached hydrogen (secondary N) is 1. The van der Waals surface area contributed by atoms with Gasteiger partial charge in [-0.15, -0.1) is 5.10 Å². The maximum Gasteiger partial charge on any atom is 0.213 e. The molecule has 1 N–H and O–H groups in total. The molecule has 0 bridgehead atoms. The van der Waals surface area contributed by atoms with Gasteiger partial charge in [-0.1, -0.05) is 0 Å². The van der Waals surface area contributed by atoms with Gasteiger partial charge in [0.05, 0.1) is 30.8 Å². The summed E-state index contributed by atoms with van der Waals surface area (Å²) in [5, 5.41) is 19.4. The molecule has 0 amide bonds. The van der Waals surface area contributed by atoms with Crippen LogP contribution in [0, 0.1) is 11.3 Å². The van der Waals surface area contributed by atoms with Crippen LogP contribution in [0.2, 0.25) is 0 Å². The molecule has 6 heteroatoms. The first-order chi connectivity index (χ1) is 8.33. The van der Waals surface area contributed by atoms with Crippen molar-refractivity contribution >= 4 is 11.5 Å². The van der Waals surface area contributed by atoms with E-state index in [9.17, 15) is 0 Å². The highest BCUT2D eigenvalue weighted by atomic mass is 16.5. The molecule has 0 saturated heterocycles. The van der Waals surface area contributed by atoms with Gasteiger partial charge < -0.3 is 10.1 Å².